The smallest absolute Gasteiger partial charge is 0.315 e. The molecular weight excluding hydrogens is 1790 g/mol. The molecule has 1 saturated heterocycles. The lowest BCUT2D eigenvalue weighted by Gasteiger charge is -2.72. The zero-order valence-corrected chi connectivity index (χ0v) is 91.0. The number of allylic oxidation sites excluding steroid dienone is 10. The Labute approximate surface area is 869 Å². The second-order valence-electron chi connectivity index (χ2n) is 55.0. The molecule has 16 saturated carbocycles. The van der Waals surface area contributed by atoms with Gasteiger partial charge in [0, 0.05) is 43.6 Å². The summed E-state index contributed by atoms with van der Waals surface area (Å²) in [6, 6.07) is 19.4. The highest BCUT2D eigenvalue weighted by Crippen LogP contribution is 2.80. The maximum Gasteiger partial charge on any atom is 0.315 e. The molecule has 0 bridgehead atoms. The molecule has 144 heavy (non-hydrogen) atoms. The second-order valence-corrected chi connectivity index (χ2v) is 55.0. The van der Waals surface area contributed by atoms with Crippen molar-refractivity contribution >= 4 is 24.0 Å². The second kappa shape index (κ2) is 42.5. The molecule has 798 valence electrons. The average Bonchev–Trinajstić information content (AvgIpc) is 1.56. The van der Waals surface area contributed by atoms with Crippen LogP contribution in [0.2, 0.25) is 0 Å². The number of benzene rings is 2. The number of alkyl halides is 2. The zero-order valence-electron chi connectivity index (χ0n) is 91.0. The quantitative estimate of drug-likeness (QED) is 0.0283. The van der Waals surface area contributed by atoms with Gasteiger partial charge in [0.2, 0.25) is 0 Å². The van der Waals surface area contributed by atoms with Gasteiger partial charge in [0.1, 0.15) is 38.6 Å². The molecule has 2 aromatic carbocycles. The number of carbonyl (C=O) groups excluding carboxylic acids is 4. The first-order valence-corrected chi connectivity index (χ1v) is 58.6. The van der Waals surface area contributed by atoms with Crippen LogP contribution in [0.5, 0.6) is 0 Å². The lowest BCUT2D eigenvalue weighted by Crippen LogP contribution is -2.68. The fraction of sp³-hybridized carbons (Fsp3) is 0.769. The number of Topliss-reactive ketones (excluding diaryl/α,β-unsaturated/α-hetero) is 1. The molecule has 20 aliphatic carbocycles. The highest BCUT2D eigenvalue weighted by Gasteiger charge is 2.74. The van der Waals surface area contributed by atoms with Gasteiger partial charge in [-0.05, 0) is 486 Å². The Morgan fingerprint density at radius 1 is 0.465 bits per heavy atom. The number of hydrogen-bond acceptors (Lipinski definition) is 12. The summed E-state index contributed by atoms with van der Waals surface area (Å²) in [6.07, 6.45) is 64.1. The van der Waals surface area contributed by atoms with Gasteiger partial charge in [0.05, 0.1) is 27.6 Å². The molecule has 1 heterocycles. The number of halogens is 2. The van der Waals surface area contributed by atoms with Crippen LogP contribution in [-0.2, 0) is 46.6 Å². The molecule has 0 radical (unpaired) electrons. The number of ether oxygens (including phenoxy) is 3. The van der Waals surface area contributed by atoms with Gasteiger partial charge in [-0.25, -0.2) is 8.78 Å². The van der Waals surface area contributed by atoms with E-state index in [0.29, 0.717) is 143 Å². The van der Waals surface area contributed by atoms with Gasteiger partial charge >= 0.3 is 11.9 Å². The summed E-state index contributed by atoms with van der Waals surface area (Å²) in [4.78, 5) is 48.1. The van der Waals surface area contributed by atoms with Crippen molar-refractivity contribution in [2.75, 3.05) is 33.1 Å². The Kier molecular flexibility index (Phi) is 32.4. The maximum absolute atomic E-state index is 14.8. The molecule has 0 unspecified atom stereocenters. The van der Waals surface area contributed by atoms with Gasteiger partial charge in [-0.2, -0.15) is 0 Å². The van der Waals surface area contributed by atoms with Gasteiger partial charge in [0.25, 0.3) is 0 Å². The number of nitrogens with two attached hydrogens (primary N) is 1. The van der Waals surface area contributed by atoms with Crippen molar-refractivity contribution in [3.8, 4) is 0 Å². The molecule has 0 spiro atoms. The van der Waals surface area contributed by atoms with E-state index in [0.717, 1.165) is 126 Å². The fourth-order valence-corrected chi connectivity index (χ4v) is 36.1. The van der Waals surface area contributed by atoms with Gasteiger partial charge in [-0.3, -0.25) is 14.4 Å². The van der Waals surface area contributed by atoms with E-state index in [1.807, 2.05) is 66.7 Å². The van der Waals surface area contributed by atoms with E-state index in [1.165, 1.54) is 226 Å². The maximum atomic E-state index is 14.8. The normalized spacial score (nSPS) is 38.2. The molecule has 6 N–H and O–H groups in total. The summed E-state index contributed by atoms with van der Waals surface area (Å²) in [7, 11) is 0. The fourth-order valence-electron chi connectivity index (χ4n) is 36.1. The van der Waals surface area contributed by atoms with Crippen LogP contribution in [-0.4, -0.2) is 100 Å². The van der Waals surface area contributed by atoms with E-state index in [1.54, 1.807) is 0 Å². The van der Waals surface area contributed by atoms with Crippen molar-refractivity contribution in [1.82, 2.24) is 5.32 Å². The number of esters is 2. The lowest BCUT2D eigenvalue weighted by atomic mass is 9.33. The van der Waals surface area contributed by atoms with Crippen molar-refractivity contribution in [2.45, 2.75) is 433 Å². The Morgan fingerprint density at radius 3 is 1.24 bits per heavy atom. The Hall–Kier alpha value is -5.48. The minimum absolute atomic E-state index is 0. The van der Waals surface area contributed by atoms with Gasteiger partial charge in [0.15, 0.2) is 0 Å². The number of aliphatic hydroxyl groups is 3. The molecule has 0 amide bonds. The number of hydrogen-bond donors (Lipinski definition) is 5. The third kappa shape index (κ3) is 21.0. The van der Waals surface area contributed by atoms with Crippen molar-refractivity contribution in [3.05, 3.63) is 155 Å². The Bertz CT molecular complexity index is 4910. The first-order valence-electron chi connectivity index (χ1n) is 58.6. The van der Waals surface area contributed by atoms with Crippen LogP contribution in [0.15, 0.2) is 144 Å². The molecule has 1 aliphatic heterocycles. The van der Waals surface area contributed by atoms with E-state index in [-0.39, 0.29) is 69.8 Å². The average molecular weight is 1980 g/mol. The number of aldehydes is 1. The highest BCUT2D eigenvalue weighted by atomic mass is 19.1. The van der Waals surface area contributed by atoms with Crippen LogP contribution >= 0.6 is 0 Å². The third-order valence-electron chi connectivity index (χ3n) is 45.9. The highest BCUT2D eigenvalue weighted by molar-refractivity contribution is 5.80. The predicted molar refractivity (Wildman–Crippen MR) is 579 cm³/mol. The van der Waals surface area contributed by atoms with Crippen molar-refractivity contribution < 1.29 is 57.5 Å². The first kappa shape index (κ1) is 110. The van der Waals surface area contributed by atoms with Crippen LogP contribution in [0, 0.1) is 161 Å². The molecule has 12 nitrogen and oxygen atoms in total. The predicted octanol–water partition coefficient (Wildman–Crippen LogP) is 29.8. The van der Waals surface area contributed by atoms with Gasteiger partial charge in [-0.1, -0.05) is 192 Å². The monoisotopic (exact) mass is 1980 g/mol. The molecule has 20 atom stereocenters. The number of rotatable bonds is 30. The lowest BCUT2D eigenvalue weighted by molar-refractivity contribution is -0.221. The van der Waals surface area contributed by atoms with Crippen LogP contribution in [0.4, 0.5) is 8.78 Å². The minimum atomic E-state index is -1.08. The largest absolute Gasteiger partial charge is 0.460 e. The minimum Gasteiger partial charge on any atom is -0.460 e. The molecule has 2 aromatic rings. The Morgan fingerprint density at radius 2 is 0.868 bits per heavy atom. The zero-order chi connectivity index (χ0) is 102. The Balaban J connectivity index is 0.000000145. The van der Waals surface area contributed by atoms with Crippen LogP contribution in [0.25, 0.3) is 0 Å². The van der Waals surface area contributed by atoms with Gasteiger partial charge < -0.3 is 45.4 Å². The number of fused-ring (bicyclic) bond motifs is 14. The van der Waals surface area contributed by atoms with E-state index in [2.05, 4.69) is 132 Å². The van der Waals surface area contributed by atoms with E-state index >= 15 is 0 Å². The summed E-state index contributed by atoms with van der Waals surface area (Å²) < 4.78 is 45.8. The molecule has 21 aliphatic rings. The van der Waals surface area contributed by atoms with Crippen molar-refractivity contribution in [1.29, 1.82) is 0 Å². The van der Waals surface area contributed by atoms with E-state index < -0.39 is 47.3 Å². The van der Waals surface area contributed by atoms with E-state index in [4.69, 9.17) is 19.9 Å². The van der Waals surface area contributed by atoms with Crippen LogP contribution in [0.1, 0.15) is 403 Å². The summed E-state index contributed by atoms with van der Waals surface area (Å²) in [5, 5.41) is 36.4. The SMILES string of the molecule is C.C1CCOC1.C=C(C)[C@@H]1CC[C@]2(N)CC[C@]3(C)[C@H](CC[C@@H]4[C@@]5(C)CC=C(C6=CC[C@](CF)(C(=O)OCc7ccccc7)CC6)C(C)(C)[C@@H]5CC[C@]43C)[C@@H]12.C=C(C)[C@@H]1CC[C@]2(NCCC(O)(C3CC3)C3CC3)CC[C@]3(C)[C@H](CC[C@@H]4[C@@]5(C)CC=C(C6=CC[C@](CF)(C(=O)OCc7ccccc7)CC6)C(C)(C)[C@@H]5CC[C@]43C)[C@@H]12.C=CCC(O)(C1CC1)C1CC1.O=C(CC1CC1)CC1CC1.O=CCC(O)(C1CC1)C1CC1. The molecule has 0 aromatic heterocycles. The number of ketones is 1. The summed E-state index contributed by atoms with van der Waals surface area (Å²) in [6.45, 7) is 45.6. The van der Waals surface area contributed by atoms with Crippen molar-refractivity contribution in [2.24, 2.45) is 166 Å². The number of nitrogens with one attached hydrogen (secondary N) is 1. The van der Waals surface area contributed by atoms with Gasteiger partial charge in [-0.15, -0.1) is 6.58 Å². The summed E-state index contributed by atoms with van der Waals surface area (Å²) >= 11 is 0. The topological polar surface area (TPSA) is 195 Å². The first-order chi connectivity index (χ1) is 68.1. The number of carbonyl (C=O) groups is 4. The molecule has 17 fully saturated rings. The molecule has 14 heteroatoms. The summed E-state index contributed by atoms with van der Waals surface area (Å²) in [5.41, 5.74) is 15.8. The van der Waals surface area contributed by atoms with Crippen molar-refractivity contribution in [3.63, 3.8) is 0 Å². The molecular formula is C130H194F2N2O10. The van der Waals surface area contributed by atoms with Crippen LogP contribution < -0.4 is 11.1 Å². The third-order valence-corrected chi connectivity index (χ3v) is 45.9. The van der Waals surface area contributed by atoms with Crippen LogP contribution in [0.3, 0.4) is 0 Å². The van der Waals surface area contributed by atoms with E-state index in [9.17, 15) is 43.3 Å². The summed E-state index contributed by atoms with van der Waals surface area (Å²) in [5.74, 6) is 10.8. The molecule has 23 rings (SSSR count). The standard InChI is InChI=1S/C53H76FNO3.C44H62FNO2.C10H16O.C9H14O2.C9H14O.C4H8O.CH4/c1-35(2)40-21-28-52(55-32-31-53(57,38-13-14-38)39-15-16-39)30-29-49(6)42(45(40)52)17-18-44-48(5)24-22-41(47(3,4)43(48)23-25-50(44,49)7)37-19-26-51(34-54,27-20-37)46(56)58-33-36-11-9-8-10-12-36;1-29(2)32-17-24-44(46)26-25-41(6)34(37(32)44)13-14-36-40(5)20-18-33(39(3,4)35(40)19-21-42(36,41)7)31-15-22-43(28-45,23-16-31)38(47)48-27-30-11-9-8-10-12-30;1-2-7-10(11,8-3-4-8)9-5-6-9;10-6-5-9(11,7-1-2-7)8-3-4-8;10-9(5-7-1-2-7)6-8-3-4-8;1-2-4-5-3-1;/h8-12,19,22,38-40,42-45,55,57H,1,13-18,20-21,23-34H2,2-7H3;8-12,15,18,32,34-37H,1,13-14,16-17,19-28,46H2,2-7H3;2,8-9,11H,1,3-7H2;6-8,11H,1-5H2;7-8H,1-6H2;1-4H2;1H4/t40-,42+,43-,44+,45+,48-,49+,50+,51-,52-;32-,34+,35-,36+,37+,40-,41+,42+,43-,44-;;;;;/m00...../s1.